The molecule has 3 nitrogen and oxygen atoms in total. The highest BCUT2D eigenvalue weighted by Gasteiger charge is 2.30. The molecule has 0 bridgehead atoms. The summed E-state index contributed by atoms with van der Waals surface area (Å²) in [7, 11) is -0.948. The summed E-state index contributed by atoms with van der Waals surface area (Å²) in [4.78, 5) is 0. The van der Waals surface area contributed by atoms with Crippen LogP contribution < -0.4 is 5.32 Å². The molecule has 106 valence electrons. The summed E-state index contributed by atoms with van der Waals surface area (Å²) in [6.07, 6.45) is 1.40. The van der Waals surface area contributed by atoms with Gasteiger partial charge in [-0.2, -0.15) is 0 Å². The van der Waals surface area contributed by atoms with Crippen LogP contribution in [-0.2, 0) is 9.84 Å². The van der Waals surface area contributed by atoms with Gasteiger partial charge < -0.3 is 5.32 Å². The first-order chi connectivity index (χ1) is 9.02. The van der Waals surface area contributed by atoms with Gasteiger partial charge in [-0.05, 0) is 49.4 Å². The number of halogens is 1. The lowest BCUT2D eigenvalue weighted by Gasteiger charge is -2.30. The Balaban J connectivity index is 2.14. The highest BCUT2D eigenvalue weighted by atomic mass is 32.2. The van der Waals surface area contributed by atoms with Crippen molar-refractivity contribution in [2.75, 3.05) is 25.1 Å². The van der Waals surface area contributed by atoms with E-state index in [2.05, 4.69) is 5.32 Å². The zero-order chi connectivity index (χ0) is 13.9. The molecule has 0 spiro atoms. The number of hydrogen-bond donors (Lipinski definition) is 1. The molecule has 1 heterocycles. The van der Waals surface area contributed by atoms with Gasteiger partial charge >= 0.3 is 0 Å². The average molecular weight is 285 g/mol. The Morgan fingerprint density at radius 2 is 1.84 bits per heavy atom. The molecule has 0 saturated carbocycles. The maximum atomic E-state index is 13.0. The second kappa shape index (κ2) is 6.01. The normalized spacial score (nSPS) is 21.2. The Kier molecular flexibility index (Phi) is 4.58. The fourth-order valence-electron chi connectivity index (χ4n) is 2.80. The molecule has 5 heteroatoms. The van der Waals surface area contributed by atoms with E-state index < -0.39 is 9.84 Å². The average Bonchev–Trinajstić information content (AvgIpc) is 2.38. The second-order valence-corrected chi connectivity index (χ2v) is 7.51. The van der Waals surface area contributed by atoms with Crippen molar-refractivity contribution < 1.29 is 12.8 Å². The molecule has 0 aliphatic carbocycles. The van der Waals surface area contributed by atoms with Gasteiger partial charge in [-0.3, -0.25) is 0 Å². The summed E-state index contributed by atoms with van der Waals surface area (Å²) in [5.74, 6) is 0.915. The summed E-state index contributed by atoms with van der Waals surface area (Å²) < 4.78 is 36.0. The van der Waals surface area contributed by atoms with Crippen molar-refractivity contribution in [3.63, 3.8) is 0 Å². The summed E-state index contributed by atoms with van der Waals surface area (Å²) in [6.45, 7) is 0.788. The number of rotatable bonds is 4. The van der Waals surface area contributed by atoms with Gasteiger partial charge in [-0.1, -0.05) is 12.1 Å². The van der Waals surface area contributed by atoms with Crippen LogP contribution in [0.5, 0.6) is 0 Å². The van der Waals surface area contributed by atoms with Gasteiger partial charge in [0, 0.05) is 6.54 Å². The second-order valence-electron chi connectivity index (χ2n) is 5.20. The Morgan fingerprint density at radius 1 is 1.26 bits per heavy atom. The summed E-state index contributed by atoms with van der Waals surface area (Å²) in [5, 5.41) is 3.16. The lowest BCUT2D eigenvalue weighted by molar-refractivity contribution is 0.376. The zero-order valence-electron chi connectivity index (χ0n) is 11.1. The van der Waals surface area contributed by atoms with Crippen LogP contribution in [0.1, 0.15) is 24.3 Å². The monoisotopic (exact) mass is 285 g/mol. The summed E-state index contributed by atoms with van der Waals surface area (Å²) in [5.41, 5.74) is 1.08. The zero-order valence-corrected chi connectivity index (χ0v) is 11.9. The number of sulfone groups is 1. The third kappa shape index (κ3) is 3.76. The van der Waals surface area contributed by atoms with Crippen LogP contribution in [0.15, 0.2) is 24.3 Å². The van der Waals surface area contributed by atoms with Gasteiger partial charge in [0.2, 0.25) is 0 Å². The van der Waals surface area contributed by atoms with E-state index in [1.54, 1.807) is 12.1 Å². The smallest absolute Gasteiger partial charge is 0.150 e. The lowest BCUT2D eigenvalue weighted by atomic mass is 9.82. The first-order valence-electron chi connectivity index (χ1n) is 6.62. The van der Waals surface area contributed by atoms with E-state index in [0.717, 1.165) is 12.1 Å². The van der Waals surface area contributed by atoms with Crippen molar-refractivity contribution in [1.29, 1.82) is 0 Å². The van der Waals surface area contributed by atoms with Crippen molar-refractivity contribution in [3.05, 3.63) is 35.6 Å². The predicted octanol–water partition coefficient (Wildman–Crippen LogP) is 1.95. The van der Waals surface area contributed by atoms with Crippen LogP contribution in [0.2, 0.25) is 0 Å². The van der Waals surface area contributed by atoms with Crippen LogP contribution in [0.3, 0.4) is 0 Å². The molecule has 0 radical (unpaired) electrons. The number of nitrogens with one attached hydrogen (secondary N) is 1. The number of likely N-dealkylation sites (N-methyl/N-ethyl adjacent to an activating group) is 1. The Labute approximate surface area is 114 Å². The third-order valence-electron chi connectivity index (χ3n) is 3.89. The molecule has 2 rings (SSSR count). The molecule has 1 atom stereocenters. The van der Waals surface area contributed by atoms with Crippen molar-refractivity contribution in [3.8, 4) is 0 Å². The van der Waals surface area contributed by atoms with E-state index in [4.69, 9.17) is 0 Å². The maximum Gasteiger partial charge on any atom is 0.150 e. The van der Waals surface area contributed by atoms with Gasteiger partial charge in [0.1, 0.15) is 15.7 Å². The molecule has 1 aromatic carbocycles. The molecule has 0 aromatic heterocycles. The third-order valence-corrected chi connectivity index (χ3v) is 5.61. The van der Waals surface area contributed by atoms with Gasteiger partial charge in [0.15, 0.2) is 0 Å². The van der Waals surface area contributed by atoms with Gasteiger partial charge in [0.25, 0.3) is 0 Å². The number of benzene rings is 1. The molecule has 0 amide bonds. The Hall–Kier alpha value is -0.940. The molecule has 1 unspecified atom stereocenters. The minimum absolute atomic E-state index is 0.238. The highest BCUT2D eigenvalue weighted by Crippen LogP contribution is 2.33. The van der Waals surface area contributed by atoms with Crippen molar-refractivity contribution in [1.82, 2.24) is 5.32 Å². The molecule has 19 heavy (non-hydrogen) atoms. The minimum Gasteiger partial charge on any atom is -0.319 e. The van der Waals surface area contributed by atoms with E-state index in [9.17, 15) is 12.8 Å². The molecule has 1 saturated heterocycles. The summed E-state index contributed by atoms with van der Waals surface area (Å²) >= 11 is 0. The van der Waals surface area contributed by atoms with E-state index in [1.807, 2.05) is 7.05 Å². The molecular weight excluding hydrogens is 265 g/mol. The molecule has 1 aliphatic rings. The van der Waals surface area contributed by atoms with Crippen LogP contribution in [-0.4, -0.2) is 33.5 Å². The van der Waals surface area contributed by atoms with E-state index in [1.165, 1.54) is 12.1 Å². The van der Waals surface area contributed by atoms with Gasteiger partial charge in [-0.15, -0.1) is 0 Å². The van der Waals surface area contributed by atoms with Crippen LogP contribution >= 0.6 is 0 Å². The molecular formula is C14H20FNO2S. The topological polar surface area (TPSA) is 46.2 Å². The first-order valence-corrected chi connectivity index (χ1v) is 8.44. The van der Waals surface area contributed by atoms with E-state index >= 15 is 0 Å². The fourth-order valence-corrected chi connectivity index (χ4v) is 4.33. The van der Waals surface area contributed by atoms with Crippen LogP contribution in [0, 0.1) is 11.7 Å². The fraction of sp³-hybridized carbons (Fsp3) is 0.571. The van der Waals surface area contributed by atoms with Crippen molar-refractivity contribution in [2.24, 2.45) is 5.92 Å². The van der Waals surface area contributed by atoms with Crippen LogP contribution in [0.25, 0.3) is 0 Å². The molecule has 1 aromatic rings. The molecule has 1 N–H and O–H groups in total. The largest absolute Gasteiger partial charge is 0.319 e. The van der Waals surface area contributed by atoms with Crippen molar-refractivity contribution >= 4 is 9.84 Å². The maximum absolute atomic E-state index is 13.0. The highest BCUT2D eigenvalue weighted by molar-refractivity contribution is 7.91. The predicted molar refractivity (Wildman–Crippen MR) is 74.4 cm³/mol. The van der Waals surface area contributed by atoms with Crippen molar-refractivity contribution in [2.45, 2.75) is 18.8 Å². The minimum atomic E-state index is -2.83. The lowest BCUT2D eigenvalue weighted by Crippen LogP contribution is -2.31. The van der Waals surface area contributed by atoms with E-state index in [0.29, 0.717) is 18.8 Å². The van der Waals surface area contributed by atoms with Crippen LogP contribution in [0.4, 0.5) is 4.39 Å². The standard InChI is InChI=1S/C14H20FNO2S/c1-16-10-14(11-2-4-13(15)5-3-11)12-6-8-19(17,18)9-7-12/h2-5,12,14,16H,6-10H2,1H3. The van der Waals surface area contributed by atoms with Gasteiger partial charge in [0.05, 0.1) is 11.5 Å². The Morgan fingerprint density at radius 3 is 2.37 bits per heavy atom. The first kappa shape index (κ1) is 14.5. The summed E-state index contributed by atoms with van der Waals surface area (Å²) in [6, 6.07) is 6.55. The Bertz CT molecular complexity index is 499. The molecule has 1 aliphatic heterocycles. The SMILES string of the molecule is CNCC(c1ccc(F)cc1)C1CCS(=O)(=O)CC1. The van der Waals surface area contributed by atoms with Gasteiger partial charge in [-0.25, -0.2) is 12.8 Å². The van der Waals surface area contributed by atoms with E-state index in [-0.39, 0.29) is 23.2 Å². The molecule has 1 fully saturated rings. The number of hydrogen-bond acceptors (Lipinski definition) is 3. The quantitative estimate of drug-likeness (QED) is 0.920.